The van der Waals surface area contributed by atoms with Gasteiger partial charge >= 0.3 is 0 Å². The maximum Gasteiger partial charge on any atom is 0.171 e. The molecular weight excluding hydrogens is 206 g/mol. The van der Waals surface area contributed by atoms with E-state index < -0.39 is 0 Å². The van der Waals surface area contributed by atoms with Crippen LogP contribution in [0.2, 0.25) is 0 Å². The topological polar surface area (TPSA) is 49.2 Å². The molecule has 16 heavy (non-hydrogen) atoms. The minimum Gasteiger partial charge on any atom is -0.493 e. The van der Waals surface area contributed by atoms with Crippen LogP contribution in [0.1, 0.15) is 0 Å². The molecule has 5 heteroatoms. The number of benzene rings is 1. The van der Waals surface area contributed by atoms with Crippen LogP contribution in [0.5, 0.6) is 11.5 Å². The Balaban J connectivity index is 2.61. The number of aromatic nitrogens is 3. The van der Waals surface area contributed by atoms with E-state index in [1.807, 2.05) is 29.8 Å². The Hall–Kier alpha value is -2.04. The first-order valence-corrected chi connectivity index (χ1v) is 4.83. The molecule has 2 rings (SSSR count). The number of nitrogens with zero attached hydrogens (tertiary/aromatic N) is 3. The first kappa shape index (κ1) is 10.5. The Morgan fingerprint density at radius 3 is 2.56 bits per heavy atom. The molecule has 0 unspecified atom stereocenters. The van der Waals surface area contributed by atoms with Crippen LogP contribution in [0.4, 0.5) is 0 Å². The van der Waals surface area contributed by atoms with Crippen molar-refractivity contribution in [3.63, 3.8) is 0 Å². The fourth-order valence-electron chi connectivity index (χ4n) is 1.59. The monoisotopic (exact) mass is 219 g/mol. The van der Waals surface area contributed by atoms with Crippen molar-refractivity contribution in [1.82, 2.24) is 14.8 Å². The summed E-state index contributed by atoms with van der Waals surface area (Å²) in [6.07, 6.45) is 1.65. The minimum atomic E-state index is 0.668. The summed E-state index contributed by atoms with van der Waals surface area (Å²) in [5.74, 6) is 2.10. The molecule has 1 aromatic heterocycles. The van der Waals surface area contributed by atoms with Crippen LogP contribution in [0, 0.1) is 0 Å². The lowest BCUT2D eigenvalue weighted by Gasteiger charge is -2.11. The van der Waals surface area contributed by atoms with Crippen molar-refractivity contribution in [3.05, 3.63) is 24.5 Å². The third-order valence-corrected chi connectivity index (χ3v) is 2.36. The number of rotatable bonds is 3. The lowest BCUT2D eigenvalue weighted by atomic mass is 10.1. The van der Waals surface area contributed by atoms with Crippen LogP contribution in [-0.2, 0) is 7.05 Å². The molecule has 2 aromatic rings. The molecular formula is C11H13N3O2. The van der Waals surface area contributed by atoms with Crippen LogP contribution in [-0.4, -0.2) is 29.0 Å². The normalized spacial score (nSPS) is 10.2. The maximum absolute atomic E-state index is 5.34. The molecule has 0 spiro atoms. The smallest absolute Gasteiger partial charge is 0.171 e. The molecule has 0 aliphatic rings. The van der Waals surface area contributed by atoms with Gasteiger partial charge in [0.05, 0.1) is 19.8 Å². The molecule has 0 radical (unpaired) electrons. The number of para-hydroxylation sites is 1. The van der Waals surface area contributed by atoms with Gasteiger partial charge in [0.2, 0.25) is 0 Å². The van der Waals surface area contributed by atoms with Gasteiger partial charge in [0.1, 0.15) is 6.33 Å². The Morgan fingerprint density at radius 2 is 2.00 bits per heavy atom. The molecule has 0 saturated heterocycles. The summed E-state index contributed by atoms with van der Waals surface area (Å²) in [4.78, 5) is 0. The second kappa shape index (κ2) is 4.22. The standard InChI is InChI=1S/C11H13N3O2/c1-14-7-12-13-11(14)8-5-4-6-9(15-2)10(8)16-3/h4-7H,1-3H3. The number of ether oxygens (including phenoxy) is 2. The lowest BCUT2D eigenvalue weighted by molar-refractivity contribution is 0.356. The lowest BCUT2D eigenvalue weighted by Crippen LogP contribution is -1.97. The molecule has 1 aromatic carbocycles. The predicted molar refractivity (Wildman–Crippen MR) is 59.5 cm³/mol. The van der Waals surface area contributed by atoms with Gasteiger partial charge in [-0.15, -0.1) is 10.2 Å². The van der Waals surface area contributed by atoms with Gasteiger partial charge in [0.15, 0.2) is 17.3 Å². The first-order chi connectivity index (χ1) is 7.77. The molecule has 0 amide bonds. The van der Waals surface area contributed by atoms with Gasteiger partial charge in [-0.05, 0) is 12.1 Å². The van der Waals surface area contributed by atoms with Gasteiger partial charge in [0.25, 0.3) is 0 Å². The van der Waals surface area contributed by atoms with E-state index in [2.05, 4.69) is 10.2 Å². The Kier molecular flexibility index (Phi) is 2.76. The van der Waals surface area contributed by atoms with Gasteiger partial charge in [-0.25, -0.2) is 0 Å². The maximum atomic E-state index is 5.34. The minimum absolute atomic E-state index is 0.668. The summed E-state index contributed by atoms with van der Waals surface area (Å²) < 4.78 is 12.4. The van der Waals surface area contributed by atoms with Crippen molar-refractivity contribution in [3.8, 4) is 22.9 Å². The number of methoxy groups -OCH3 is 2. The highest BCUT2D eigenvalue weighted by Gasteiger charge is 2.14. The van der Waals surface area contributed by atoms with E-state index in [4.69, 9.17) is 9.47 Å². The van der Waals surface area contributed by atoms with Gasteiger partial charge < -0.3 is 14.0 Å². The Morgan fingerprint density at radius 1 is 1.19 bits per heavy atom. The molecule has 1 heterocycles. The van der Waals surface area contributed by atoms with Gasteiger partial charge in [-0.1, -0.05) is 6.07 Å². The molecule has 5 nitrogen and oxygen atoms in total. The highest BCUT2D eigenvalue weighted by Crippen LogP contribution is 2.36. The zero-order valence-electron chi connectivity index (χ0n) is 9.47. The van der Waals surface area contributed by atoms with Crippen molar-refractivity contribution in [2.24, 2.45) is 7.05 Å². The van der Waals surface area contributed by atoms with Crippen LogP contribution >= 0.6 is 0 Å². The zero-order chi connectivity index (χ0) is 11.5. The molecule has 0 atom stereocenters. The summed E-state index contributed by atoms with van der Waals surface area (Å²) >= 11 is 0. The molecule has 0 aliphatic carbocycles. The summed E-state index contributed by atoms with van der Waals surface area (Å²) in [6, 6.07) is 5.66. The number of hydrogen-bond acceptors (Lipinski definition) is 4. The first-order valence-electron chi connectivity index (χ1n) is 4.83. The van der Waals surface area contributed by atoms with Gasteiger partial charge in [-0.2, -0.15) is 0 Å². The third kappa shape index (κ3) is 1.60. The Bertz CT molecular complexity index is 494. The molecule has 0 N–H and O–H groups in total. The third-order valence-electron chi connectivity index (χ3n) is 2.36. The van der Waals surface area contributed by atoms with Crippen molar-refractivity contribution in [2.75, 3.05) is 14.2 Å². The SMILES string of the molecule is COc1cccc(-c2nncn2C)c1OC. The van der Waals surface area contributed by atoms with E-state index in [0.717, 1.165) is 11.4 Å². The highest BCUT2D eigenvalue weighted by molar-refractivity contribution is 5.68. The van der Waals surface area contributed by atoms with Crippen LogP contribution in [0.25, 0.3) is 11.4 Å². The Labute approximate surface area is 93.6 Å². The largest absolute Gasteiger partial charge is 0.493 e. The van der Waals surface area contributed by atoms with E-state index in [1.54, 1.807) is 20.5 Å². The van der Waals surface area contributed by atoms with E-state index >= 15 is 0 Å². The summed E-state index contributed by atoms with van der Waals surface area (Å²) in [5, 5.41) is 7.89. The van der Waals surface area contributed by atoms with Crippen LogP contribution in [0.15, 0.2) is 24.5 Å². The van der Waals surface area contributed by atoms with E-state index in [0.29, 0.717) is 11.5 Å². The van der Waals surface area contributed by atoms with Crippen molar-refractivity contribution in [2.45, 2.75) is 0 Å². The molecule has 0 bridgehead atoms. The second-order valence-corrected chi connectivity index (χ2v) is 3.31. The fraction of sp³-hybridized carbons (Fsp3) is 0.273. The average molecular weight is 219 g/mol. The van der Waals surface area contributed by atoms with E-state index in [9.17, 15) is 0 Å². The number of hydrogen-bond donors (Lipinski definition) is 0. The van der Waals surface area contributed by atoms with Crippen molar-refractivity contribution < 1.29 is 9.47 Å². The fourth-order valence-corrected chi connectivity index (χ4v) is 1.59. The molecule has 0 fully saturated rings. The zero-order valence-corrected chi connectivity index (χ0v) is 9.47. The van der Waals surface area contributed by atoms with Crippen molar-refractivity contribution >= 4 is 0 Å². The van der Waals surface area contributed by atoms with Crippen LogP contribution in [0.3, 0.4) is 0 Å². The second-order valence-electron chi connectivity index (χ2n) is 3.31. The molecule has 84 valence electrons. The highest BCUT2D eigenvalue weighted by atomic mass is 16.5. The summed E-state index contributed by atoms with van der Waals surface area (Å²) in [7, 11) is 5.10. The predicted octanol–water partition coefficient (Wildman–Crippen LogP) is 1.50. The average Bonchev–Trinajstić information content (AvgIpc) is 2.74. The van der Waals surface area contributed by atoms with E-state index in [-0.39, 0.29) is 0 Å². The van der Waals surface area contributed by atoms with Crippen LogP contribution < -0.4 is 9.47 Å². The van der Waals surface area contributed by atoms with E-state index in [1.165, 1.54) is 0 Å². The van der Waals surface area contributed by atoms with Crippen molar-refractivity contribution in [1.29, 1.82) is 0 Å². The van der Waals surface area contributed by atoms with Gasteiger partial charge in [-0.3, -0.25) is 0 Å². The molecule has 0 aliphatic heterocycles. The van der Waals surface area contributed by atoms with Gasteiger partial charge in [0, 0.05) is 7.05 Å². The summed E-state index contributed by atoms with van der Waals surface area (Å²) in [5.41, 5.74) is 0.863. The quantitative estimate of drug-likeness (QED) is 0.785. The molecule has 0 saturated carbocycles. The summed E-state index contributed by atoms with van der Waals surface area (Å²) in [6.45, 7) is 0. The number of aryl methyl sites for hydroxylation is 1.